The number of nitrogens with zero attached hydrogens (tertiary/aromatic N) is 2. The molecule has 7 nitrogen and oxygen atoms in total. The topological polar surface area (TPSA) is 87.7 Å². The van der Waals surface area contributed by atoms with E-state index in [4.69, 9.17) is 9.47 Å². The van der Waals surface area contributed by atoms with Gasteiger partial charge < -0.3 is 24.5 Å². The van der Waals surface area contributed by atoms with Crippen LogP contribution in [0.25, 0.3) is 0 Å². The van der Waals surface area contributed by atoms with E-state index in [0.717, 1.165) is 27.8 Å². The molecule has 0 bridgehead atoms. The summed E-state index contributed by atoms with van der Waals surface area (Å²) in [4.78, 5) is 22.4. The number of aliphatic hydroxyl groups is 1. The number of hydrogen-bond donors (Lipinski definition) is 2. The molecule has 2 heterocycles. The number of carbonyl (C=O) groups is 1. The van der Waals surface area contributed by atoms with Crippen LogP contribution in [0.3, 0.4) is 0 Å². The lowest BCUT2D eigenvalue weighted by molar-refractivity contribution is -0.131. The van der Waals surface area contributed by atoms with Crippen molar-refractivity contribution >= 4 is 17.7 Å². The summed E-state index contributed by atoms with van der Waals surface area (Å²) in [5.74, 6) is 2.18. The van der Waals surface area contributed by atoms with Gasteiger partial charge in [0, 0.05) is 29.3 Å². The van der Waals surface area contributed by atoms with Crippen LogP contribution in [0.5, 0.6) is 11.5 Å². The first-order valence-corrected chi connectivity index (χ1v) is 9.56. The summed E-state index contributed by atoms with van der Waals surface area (Å²) in [6.07, 6.45) is 2.01. The summed E-state index contributed by atoms with van der Waals surface area (Å²) in [7, 11) is 0. The normalized spacial score (nSPS) is 12.8. The third kappa shape index (κ3) is 4.70. The summed E-state index contributed by atoms with van der Waals surface area (Å²) in [5, 5.41) is 9.25. The molecule has 140 valence electrons. The molecule has 3 rings (SSSR count). The maximum absolute atomic E-state index is 12.5. The molecule has 0 unspecified atom stereocenters. The fraction of sp³-hybridized carbons (Fsp3) is 0.444. The van der Waals surface area contributed by atoms with Crippen LogP contribution in [0, 0.1) is 6.92 Å². The number of aliphatic hydroxyl groups excluding tert-OH is 1. The van der Waals surface area contributed by atoms with Gasteiger partial charge in [-0.3, -0.25) is 4.79 Å². The standard InChI is InChI=1S/C18H23N3O4S/c1-13-15(20-12-19-13)11-21(5-6-22)18(23)4-9-26-14-2-3-16-17(10-14)25-8-7-24-16/h2-3,10,12,22H,4-9,11H2,1H3,(H,19,20). The zero-order valence-electron chi connectivity index (χ0n) is 14.7. The van der Waals surface area contributed by atoms with Gasteiger partial charge in [-0.2, -0.15) is 0 Å². The molecule has 1 aromatic heterocycles. The van der Waals surface area contributed by atoms with Crippen LogP contribution in [-0.4, -0.2) is 58.0 Å². The Hall–Kier alpha value is -2.19. The van der Waals surface area contributed by atoms with Crippen LogP contribution >= 0.6 is 11.8 Å². The number of hydrogen-bond acceptors (Lipinski definition) is 6. The van der Waals surface area contributed by atoms with Crippen molar-refractivity contribution < 1.29 is 19.4 Å². The Morgan fingerprint density at radius 2 is 2.15 bits per heavy atom. The summed E-state index contributed by atoms with van der Waals surface area (Å²) in [6.45, 7) is 3.70. The van der Waals surface area contributed by atoms with Crippen molar-refractivity contribution in [2.45, 2.75) is 24.8 Å². The van der Waals surface area contributed by atoms with Crippen LogP contribution < -0.4 is 9.47 Å². The van der Waals surface area contributed by atoms with Gasteiger partial charge in [0.25, 0.3) is 0 Å². The minimum absolute atomic E-state index is 0.00601. The number of imidazole rings is 1. The lowest BCUT2D eigenvalue weighted by Crippen LogP contribution is -2.33. The minimum atomic E-state index is -0.0650. The highest BCUT2D eigenvalue weighted by Crippen LogP contribution is 2.34. The highest BCUT2D eigenvalue weighted by Gasteiger charge is 2.16. The molecule has 26 heavy (non-hydrogen) atoms. The average molecular weight is 377 g/mol. The third-order valence-electron chi connectivity index (χ3n) is 4.10. The molecular weight excluding hydrogens is 354 g/mol. The molecule has 0 aliphatic carbocycles. The first kappa shape index (κ1) is 18.6. The van der Waals surface area contributed by atoms with Gasteiger partial charge in [0.1, 0.15) is 13.2 Å². The maximum Gasteiger partial charge on any atom is 0.223 e. The Morgan fingerprint density at radius 3 is 2.88 bits per heavy atom. The second-order valence-electron chi connectivity index (χ2n) is 5.92. The first-order valence-electron chi connectivity index (χ1n) is 8.57. The van der Waals surface area contributed by atoms with Crippen molar-refractivity contribution in [1.82, 2.24) is 14.9 Å². The fourth-order valence-electron chi connectivity index (χ4n) is 2.67. The molecule has 1 aliphatic heterocycles. The van der Waals surface area contributed by atoms with E-state index in [9.17, 15) is 9.90 Å². The van der Waals surface area contributed by atoms with Crippen LogP contribution in [0.2, 0.25) is 0 Å². The molecule has 0 atom stereocenters. The number of nitrogens with one attached hydrogen (secondary N) is 1. The van der Waals surface area contributed by atoms with Gasteiger partial charge in [0.2, 0.25) is 5.91 Å². The van der Waals surface area contributed by atoms with Gasteiger partial charge in [-0.25, -0.2) is 4.98 Å². The van der Waals surface area contributed by atoms with Gasteiger partial charge in [-0.1, -0.05) is 0 Å². The number of aromatic amines is 1. The molecule has 2 N–H and O–H groups in total. The molecule has 1 aliphatic rings. The van der Waals surface area contributed by atoms with Gasteiger partial charge >= 0.3 is 0 Å². The predicted octanol–water partition coefficient (Wildman–Crippen LogP) is 1.99. The number of fused-ring (bicyclic) bond motifs is 1. The number of thioether (sulfide) groups is 1. The van der Waals surface area contributed by atoms with Gasteiger partial charge in [0.15, 0.2) is 11.5 Å². The van der Waals surface area contributed by atoms with E-state index in [1.807, 2.05) is 25.1 Å². The highest BCUT2D eigenvalue weighted by molar-refractivity contribution is 7.99. The average Bonchev–Trinajstić information content (AvgIpc) is 3.06. The van der Waals surface area contributed by atoms with E-state index < -0.39 is 0 Å². The first-order chi connectivity index (χ1) is 12.7. The van der Waals surface area contributed by atoms with E-state index in [0.29, 0.717) is 38.5 Å². The molecule has 0 saturated carbocycles. The zero-order chi connectivity index (χ0) is 18.4. The van der Waals surface area contributed by atoms with Crippen molar-refractivity contribution in [3.63, 3.8) is 0 Å². The Morgan fingerprint density at radius 1 is 1.35 bits per heavy atom. The largest absolute Gasteiger partial charge is 0.486 e. The van der Waals surface area contributed by atoms with Crippen molar-refractivity contribution in [2.75, 3.05) is 32.1 Å². The summed E-state index contributed by atoms with van der Waals surface area (Å²) >= 11 is 1.60. The van der Waals surface area contributed by atoms with Crippen molar-refractivity contribution in [3.05, 3.63) is 35.9 Å². The number of amides is 1. The Labute approximate surface area is 156 Å². The summed E-state index contributed by atoms with van der Waals surface area (Å²) < 4.78 is 11.1. The Bertz CT molecular complexity index is 750. The van der Waals surface area contributed by atoms with Crippen LogP contribution in [0.1, 0.15) is 17.8 Å². The smallest absolute Gasteiger partial charge is 0.223 e. The lowest BCUT2D eigenvalue weighted by atomic mass is 10.3. The van der Waals surface area contributed by atoms with Gasteiger partial charge in [-0.05, 0) is 25.1 Å². The minimum Gasteiger partial charge on any atom is -0.486 e. The van der Waals surface area contributed by atoms with E-state index in [1.165, 1.54) is 0 Å². The van der Waals surface area contributed by atoms with E-state index in [2.05, 4.69) is 9.97 Å². The number of aromatic nitrogens is 2. The molecular formula is C18H23N3O4S. The Kier molecular flexibility index (Phi) is 6.40. The summed E-state index contributed by atoms with van der Waals surface area (Å²) in [6, 6.07) is 5.82. The van der Waals surface area contributed by atoms with E-state index in [-0.39, 0.29) is 12.5 Å². The highest BCUT2D eigenvalue weighted by atomic mass is 32.2. The van der Waals surface area contributed by atoms with Crippen LogP contribution in [0.4, 0.5) is 0 Å². The molecule has 2 aromatic rings. The Balaban J connectivity index is 1.52. The number of aryl methyl sites for hydroxylation is 1. The van der Waals surface area contributed by atoms with Gasteiger partial charge in [-0.15, -0.1) is 11.8 Å². The quantitative estimate of drug-likeness (QED) is 0.684. The number of H-pyrrole nitrogens is 1. The van der Waals surface area contributed by atoms with Crippen molar-refractivity contribution in [2.24, 2.45) is 0 Å². The number of carbonyl (C=O) groups excluding carboxylic acids is 1. The molecule has 1 amide bonds. The number of rotatable bonds is 8. The van der Waals surface area contributed by atoms with E-state index >= 15 is 0 Å². The summed E-state index contributed by atoms with van der Waals surface area (Å²) in [5.41, 5.74) is 1.76. The lowest BCUT2D eigenvalue weighted by Gasteiger charge is -2.21. The zero-order valence-corrected chi connectivity index (χ0v) is 15.6. The maximum atomic E-state index is 12.5. The predicted molar refractivity (Wildman–Crippen MR) is 98.6 cm³/mol. The van der Waals surface area contributed by atoms with Crippen molar-refractivity contribution in [3.8, 4) is 11.5 Å². The van der Waals surface area contributed by atoms with Crippen molar-refractivity contribution in [1.29, 1.82) is 0 Å². The molecule has 0 fully saturated rings. The molecule has 0 saturated heterocycles. The third-order valence-corrected chi connectivity index (χ3v) is 5.09. The monoisotopic (exact) mass is 377 g/mol. The van der Waals surface area contributed by atoms with Crippen LogP contribution in [-0.2, 0) is 11.3 Å². The number of benzene rings is 1. The van der Waals surface area contributed by atoms with Gasteiger partial charge in [0.05, 0.1) is 25.2 Å². The second kappa shape index (κ2) is 8.95. The SMILES string of the molecule is Cc1[nH]cnc1CN(CCO)C(=O)CCSc1ccc2c(c1)OCCO2. The molecule has 0 spiro atoms. The second-order valence-corrected chi connectivity index (χ2v) is 7.09. The van der Waals surface area contributed by atoms with E-state index in [1.54, 1.807) is 23.0 Å². The molecule has 8 heteroatoms. The number of ether oxygens (including phenoxy) is 2. The fourth-order valence-corrected chi connectivity index (χ4v) is 3.53. The molecule has 0 radical (unpaired) electrons. The molecule has 1 aromatic carbocycles. The van der Waals surface area contributed by atoms with Crippen LogP contribution in [0.15, 0.2) is 29.4 Å².